The van der Waals surface area contributed by atoms with Gasteiger partial charge in [-0.2, -0.15) is 0 Å². The van der Waals surface area contributed by atoms with Gasteiger partial charge in [0.1, 0.15) is 17.2 Å². The standard InChI is InChI=1S/C13H8BrF2N3S/c14-6-3-10(8(16)4-7(6)15)19-9-1-2-11-13(12(9)17)18-5-20-11/h1-5,19H,17H2. The molecule has 0 spiro atoms. The second kappa shape index (κ2) is 4.99. The fourth-order valence-electron chi connectivity index (χ4n) is 1.82. The molecule has 2 aromatic carbocycles. The molecule has 0 saturated heterocycles. The van der Waals surface area contributed by atoms with Crippen LogP contribution in [0.25, 0.3) is 10.2 Å². The summed E-state index contributed by atoms with van der Waals surface area (Å²) < 4.78 is 28.0. The SMILES string of the molecule is Nc1c(Nc2cc(Br)c(F)cc2F)ccc2scnc12. The maximum absolute atomic E-state index is 13.7. The Labute approximate surface area is 125 Å². The molecule has 0 bridgehead atoms. The Morgan fingerprint density at radius 1 is 1.15 bits per heavy atom. The molecule has 0 atom stereocenters. The van der Waals surface area contributed by atoms with Crippen molar-refractivity contribution in [1.82, 2.24) is 4.98 Å². The number of nitrogens with two attached hydrogens (primary N) is 1. The number of nitrogen functional groups attached to an aromatic ring is 1. The molecule has 0 unspecified atom stereocenters. The molecule has 0 amide bonds. The lowest BCUT2D eigenvalue weighted by Crippen LogP contribution is -1.99. The molecule has 3 N–H and O–H groups in total. The molecule has 3 aromatic rings. The smallest absolute Gasteiger partial charge is 0.149 e. The number of hydrogen-bond acceptors (Lipinski definition) is 4. The lowest BCUT2D eigenvalue weighted by atomic mass is 10.2. The number of nitrogens with zero attached hydrogens (tertiary/aromatic N) is 1. The van der Waals surface area contributed by atoms with Crippen LogP contribution in [-0.2, 0) is 0 Å². The van der Waals surface area contributed by atoms with Crippen LogP contribution in [-0.4, -0.2) is 4.98 Å². The van der Waals surface area contributed by atoms with E-state index in [0.717, 1.165) is 10.8 Å². The minimum Gasteiger partial charge on any atom is -0.395 e. The monoisotopic (exact) mass is 355 g/mol. The summed E-state index contributed by atoms with van der Waals surface area (Å²) in [6, 6.07) is 5.73. The van der Waals surface area contributed by atoms with Crippen LogP contribution >= 0.6 is 27.3 Å². The molecule has 0 radical (unpaired) electrons. The van der Waals surface area contributed by atoms with Crippen molar-refractivity contribution in [2.45, 2.75) is 0 Å². The van der Waals surface area contributed by atoms with Crippen molar-refractivity contribution in [2.75, 3.05) is 11.1 Å². The highest BCUT2D eigenvalue weighted by Gasteiger charge is 2.11. The van der Waals surface area contributed by atoms with Crippen molar-refractivity contribution >= 4 is 54.5 Å². The van der Waals surface area contributed by atoms with E-state index in [9.17, 15) is 8.78 Å². The quantitative estimate of drug-likeness (QED) is 0.519. The van der Waals surface area contributed by atoms with Crippen LogP contribution < -0.4 is 11.1 Å². The van der Waals surface area contributed by atoms with Gasteiger partial charge < -0.3 is 11.1 Å². The molecular weight excluding hydrogens is 348 g/mol. The first kappa shape index (κ1) is 13.3. The third kappa shape index (κ3) is 2.23. The summed E-state index contributed by atoms with van der Waals surface area (Å²) in [6.45, 7) is 0. The maximum Gasteiger partial charge on any atom is 0.149 e. The molecule has 102 valence electrons. The Kier molecular flexibility index (Phi) is 3.31. The first-order chi connectivity index (χ1) is 9.56. The molecule has 3 nitrogen and oxygen atoms in total. The number of aromatic nitrogens is 1. The summed E-state index contributed by atoms with van der Waals surface area (Å²) in [5.74, 6) is -1.35. The molecule has 1 aromatic heterocycles. The van der Waals surface area contributed by atoms with Crippen LogP contribution in [0.15, 0.2) is 34.2 Å². The van der Waals surface area contributed by atoms with Crippen molar-refractivity contribution in [1.29, 1.82) is 0 Å². The van der Waals surface area contributed by atoms with Gasteiger partial charge in [0.25, 0.3) is 0 Å². The Balaban J connectivity index is 2.05. The van der Waals surface area contributed by atoms with E-state index >= 15 is 0 Å². The predicted molar refractivity (Wildman–Crippen MR) is 81.4 cm³/mol. The average Bonchev–Trinajstić information content (AvgIpc) is 2.88. The zero-order valence-corrected chi connectivity index (χ0v) is 12.4. The Bertz CT molecular complexity index is 804. The van der Waals surface area contributed by atoms with E-state index in [1.54, 1.807) is 11.6 Å². The van der Waals surface area contributed by atoms with E-state index in [2.05, 4.69) is 26.2 Å². The van der Waals surface area contributed by atoms with Gasteiger partial charge in [-0.25, -0.2) is 13.8 Å². The number of anilines is 3. The van der Waals surface area contributed by atoms with Gasteiger partial charge in [0.05, 0.1) is 31.7 Å². The van der Waals surface area contributed by atoms with Crippen LogP contribution in [0, 0.1) is 11.6 Å². The van der Waals surface area contributed by atoms with Gasteiger partial charge in [-0.05, 0) is 34.1 Å². The largest absolute Gasteiger partial charge is 0.395 e. The first-order valence-electron chi connectivity index (χ1n) is 5.59. The lowest BCUT2D eigenvalue weighted by molar-refractivity contribution is 0.581. The minimum atomic E-state index is -0.691. The minimum absolute atomic E-state index is 0.138. The summed E-state index contributed by atoms with van der Waals surface area (Å²) in [5.41, 5.74) is 9.47. The van der Waals surface area contributed by atoms with Crippen molar-refractivity contribution in [3.63, 3.8) is 0 Å². The molecule has 0 saturated carbocycles. The van der Waals surface area contributed by atoms with Crippen molar-refractivity contribution in [2.24, 2.45) is 0 Å². The zero-order chi connectivity index (χ0) is 14.3. The molecule has 3 rings (SSSR count). The topological polar surface area (TPSA) is 50.9 Å². The summed E-state index contributed by atoms with van der Waals surface area (Å²) in [4.78, 5) is 4.17. The fraction of sp³-hybridized carbons (Fsp3) is 0. The molecule has 0 aliphatic heterocycles. The number of rotatable bonds is 2. The summed E-state index contributed by atoms with van der Waals surface area (Å²) >= 11 is 4.50. The Hall–Kier alpha value is -1.73. The van der Waals surface area contributed by atoms with Crippen LogP contribution in [0.5, 0.6) is 0 Å². The van der Waals surface area contributed by atoms with E-state index in [1.165, 1.54) is 17.4 Å². The highest BCUT2D eigenvalue weighted by atomic mass is 79.9. The normalized spacial score (nSPS) is 10.9. The second-order valence-electron chi connectivity index (χ2n) is 4.10. The van der Waals surface area contributed by atoms with Gasteiger partial charge in [-0.3, -0.25) is 0 Å². The maximum atomic E-state index is 13.7. The Morgan fingerprint density at radius 3 is 2.75 bits per heavy atom. The highest BCUT2D eigenvalue weighted by Crippen LogP contribution is 2.33. The third-order valence-electron chi connectivity index (χ3n) is 2.82. The number of fused-ring (bicyclic) bond motifs is 1. The molecule has 0 aliphatic carbocycles. The fourth-order valence-corrected chi connectivity index (χ4v) is 2.86. The second-order valence-corrected chi connectivity index (χ2v) is 5.84. The summed E-state index contributed by atoms with van der Waals surface area (Å²) in [5, 5.41) is 2.86. The van der Waals surface area contributed by atoms with E-state index in [-0.39, 0.29) is 10.2 Å². The molecule has 0 aliphatic rings. The zero-order valence-electron chi connectivity index (χ0n) is 9.95. The molecule has 0 fully saturated rings. The van der Waals surface area contributed by atoms with Gasteiger partial charge in [0.2, 0.25) is 0 Å². The number of hydrogen-bond donors (Lipinski definition) is 2. The van der Waals surface area contributed by atoms with Crippen molar-refractivity contribution in [3.8, 4) is 0 Å². The van der Waals surface area contributed by atoms with E-state index in [1.807, 2.05) is 6.07 Å². The summed E-state index contributed by atoms with van der Waals surface area (Å²) in [6.07, 6.45) is 0. The number of thiazole rings is 1. The number of nitrogens with one attached hydrogen (secondary N) is 1. The predicted octanol–water partition coefficient (Wildman–Crippen LogP) is 4.66. The van der Waals surface area contributed by atoms with Crippen LogP contribution in [0.3, 0.4) is 0 Å². The van der Waals surface area contributed by atoms with Crippen LogP contribution in [0.1, 0.15) is 0 Å². The van der Waals surface area contributed by atoms with Crippen LogP contribution in [0.4, 0.5) is 25.8 Å². The molecular formula is C13H8BrF2N3S. The highest BCUT2D eigenvalue weighted by molar-refractivity contribution is 9.10. The first-order valence-corrected chi connectivity index (χ1v) is 7.27. The van der Waals surface area contributed by atoms with E-state index in [4.69, 9.17) is 5.73 Å². The van der Waals surface area contributed by atoms with E-state index in [0.29, 0.717) is 16.9 Å². The third-order valence-corrected chi connectivity index (χ3v) is 4.22. The number of halogens is 3. The average molecular weight is 356 g/mol. The van der Waals surface area contributed by atoms with Crippen molar-refractivity contribution < 1.29 is 8.78 Å². The molecule has 7 heteroatoms. The van der Waals surface area contributed by atoms with Gasteiger partial charge in [-0.15, -0.1) is 11.3 Å². The van der Waals surface area contributed by atoms with Gasteiger partial charge in [0.15, 0.2) is 0 Å². The Morgan fingerprint density at radius 2 is 1.95 bits per heavy atom. The number of benzene rings is 2. The van der Waals surface area contributed by atoms with Gasteiger partial charge in [-0.1, -0.05) is 0 Å². The lowest BCUT2D eigenvalue weighted by Gasteiger charge is -2.11. The van der Waals surface area contributed by atoms with E-state index < -0.39 is 11.6 Å². The molecule has 20 heavy (non-hydrogen) atoms. The molecule has 1 heterocycles. The van der Waals surface area contributed by atoms with Gasteiger partial charge in [0, 0.05) is 6.07 Å². The van der Waals surface area contributed by atoms with Gasteiger partial charge >= 0.3 is 0 Å². The van der Waals surface area contributed by atoms with Crippen LogP contribution in [0.2, 0.25) is 0 Å². The van der Waals surface area contributed by atoms with Crippen molar-refractivity contribution in [3.05, 3.63) is 45.9 Å². The summed E-state index contributed by atoms with van der Waals surface area (Å²) in [7, 11) is 0.